The summed E-state index contributed by atoms with van der Waals surface area (Å²) in [4.78, 5) is 0. The monoisotopic (exact) mass is 397 g/mol. The third kappa shape index (κ3) is 5.52. The van der Waals surface area contributed by atoms with Gasteiger partial charge in [0.2, 0.25) is 0 Å². The Kier molecular flexibility index (Phi) is 8.04. The lowest BCUT2D eigenvalue weighted by molar-refractivity contribution is 0.169. The SMILES string of the molecule is CCC(Cc1ccc(OC)c(OC)c1)NCC(O)c1ccc(Cl)c(Cl)c1. The number of hydrogen-bond donors (Lipinski definition) is 2. The summed E-state index contributed by atoms with van der Waals surface area (Å²) >= 11 is 11.9. The van der Waals surface area contributed by atoms with Crippen LogP contribution in [0.4, 0.5) is 0 Å². The summed E-state index contributed by atoms with van der Waals surface area (Å²) in [6.45, 7) is 2.55. The molecular formula is C20H25Cl2NO3. The van der Waals surface area contributed by atoms with Crippen LogP contribution in [-0.4, -0.2) is 31.9 Å². The van der Waals surface area contributed by atoms with Crippen molar-refractivity contribution in [3.63, 3.8) is 0 Å². The molecule has 0 fully saturated rings. The first-order chi connectivity index (χ1) is 12.5. The van der Waals surface area contributed by atoms with E-state index < -0.39 is 6.10 Å². The third-order valence-electron chi connectivity index (χ3n) is 4.35. The number of nitrogens with one attached hydrogen (secondary N) is 1. The summed E-state index contributed by atoms with van der Waals surface area (Å²) < 4.78 is 10.6. The van der Waals surface area contributed by atoms with E-state index in [1.807, 2.05) is 18.2 Å². The van der Waals surface area contributed by atoms with E-state index in [-0.39, 0.29) is 6.04 Å². The molecule has 0 amide bonds. The maximum absolute atomic E-state index is 10.4. The number of aliphatic hydroxyl groups is 1. The quantitative estimate of drug-likeness (QED) is 0.646. The highest BCUT2D eigenvalue weighted by Gasteiger charge is 2.14. The van der Waals surface area contributed by atoms with Crippen molar-refractivity contribution in [2.24, 2.45) is 0 Å². The van der Waals surface area contributed by atoms with Gasteiger partial charge in [-0.15, -0.1) is 0 Å². The van der Waals surface area contributed by atoms with Crippen LogP contribution in [-0.2, 0) is 6.42 Å². The predicted octanol–water partition coefficient (Wildman–Crippen LogP) is 4.65. The van der Waals surface area contributed by atoms with Gasteiger partial charge in [0.05, 0.1) is 30.4 Å². The molecule has 0 saturated carbocycles. The number of methoxy groups -OCH3 is 2. The molecule has 0 saturated heterocycles. The zero-order chi connectivity index (χ0) is 19.1. The van der Waals surface area contributed by atoms with E-state index in [0.29, 0.717) is 22.3 Å². The second-order valence-corrected chi connectivity index (χ2v) is 6.91. The van der Waals surface area contributed by atoms with Crippen LogP contribution in [0.15, 0.2) is 36.4 Å². The molecule has 0 bridgehead atoms. The largest absolute Gasteiger partial charge is 0.493 e. The molecule has 2 N–H and O–H groups in total. The number of ether oxygens (including phenoxy) is 2. The number of hydrogen-bond acceptors (Lipinski definition) is 4. The van der Waals surface area contributed by atoms with Gasteiger partial charge in [-0.05, 0) is 48.2 Å². The van der Waals surface area contributed by atoms with Gasteiger partial charge in [0.1, 0.15) is 0 Å². The van der Waals surface area contributed by atoms with Gasteiger partial charge < -0.3 is 19.9 Å². The minimum absolute atomic E-state index is 0.227. The average molecular weight is 398 g/mol. The molecule has 2 aromatic rings. The van der Waals surface area contributed by atoms with Gasteiger partial charge in [-0.1, -0.05) is 42.3 Å². The van der Waals surface area contributed by atoms with E-state index in [2.05, 4.69) is 12.2 Å². The molecule has 2 unspecified atom stereocenters. The first-order valence-corrected chi connectivity index (χ1v) is 9.31. The van der Waals surface area contributed by atoms with E-state index in [1.165, 1.54) is 0 Å². The maximum atomic E-state index is 10.4. The van der Waals surface area contributed by atoms with Gasteiger partial charge in [-0.25, -0.2) is 0 Å². The van der Waals surface area contributed by atoms with Crippen LogP contribution in [0.2, 0.25) is 10.0 Å². The highest BCUT2D eigenvalue weighted by molar-refractivity contribution is 6.42. The molecular weight excluding hydrogens is 373 g/mol. The molecule has 0 heterocycles. The van der Waals surface area contributed by atoms with Gasteiger partial charge in [-0.2, -0.15) is 0 Å². The molecule has 6 heteroatoms. The summed E-state index contributed by atoms with van der Waals surface area (Å²) in [6.07, 6.45) is 1.11. The second kappa shape index (κ2) is 10.0. The fourth-order valence-corrected chi connectivity index (χ4v) is 3.08. The predicted molar refractivity (Wildman–Crippen MR) is 107 cm³/mol. The van der Waals surface area contributed by atoms with Crippen molar-refractivity contribution in [2.45, 2.75) is 31.9 Å². The standard InChI is InChI=1S/C20H25Cl2NO3/c1-4-15(9-13-5-8-19(25-2)20(10-13)26-3)23-12-18(24)14-6-7-16(21)17(22)11-14/h5-8,10-11,15,18,23-24H,4,9,12H2,1-3H3. The van der Waals surface area contributed by atoms with Crippen LogP contribution in [0, 0.1) is 0 Å². The average Bonchev–Trinajstić information content (AvgIpc) is 2.66. The minimum Gasteiger partial charge on any atom is -0.493 e. The van der Waals surface area contributed by atoms with Crippen molar-refractivity contribution >= 4 is 23.2 Å². The Balaban J connectivity index is 1.97. The summed E-state index contributed by atoms with van der Waals surface area (Å²) in [5.74, 6) is 1.43. The number of halogens is 2. The zero-order valence-electron chi connectivity index (χ0n) is 15.3. The maximum Gasteiger partial charge on any atom is 0.160 e. The van der Waals surface area contributed by atoms with E-state index >= 15 is 0 Å². The van der Waals surface area contributed by atoms with E-state index in [1.54, 1.807) is 32.4 Å². The van der Waals surface area contributed by atoms with Crippen molar-refractivity contribution in [1.29, 1.82) is 0 Å². The molecule has 2 rings (SSSR count). The van der Waals surface area contributed by atoms with Crippen LogP contribution < -0.4 is 14.8 Å². The molecule has 2 atom stereocenters. The Labute approximate surface area is 165 Å². The Bertz CT molecular complexity index is 724. The summed E-state index contributed by atoms with van der Waals surface area (Å²) in [5.41, 5.74) is 1.89. The van der Waals surface area contributed by atoms with Crippen LogP contribution in [0.1, 0.15) is 30.6 Å². The Morgan fingerprint density at radius 3 is 2.35 bits per heavy atom. The summed E-state index contributed by atoms with van der Waals surface area (Å²) in [6, 6.07) is 11.3. The van der Waals surface area contributed by atoms with Gasteiger partial charge in [0, 0.05) is 12.6 Å². The Morgan fingerprint density at radius 2 is 1.73 bits per heavy atom. The van der Waals surface area contributed by atoms with E-state index in [0.717, 1.165) is 29.7 Å². The third-order valence-corrected chi connectivity index (χ3v) is 5.09. The molecule has 4 nitrogen and oxygen atoms in total. The van der Waals surface area contributed by atoms with Crippen molar-refractivity contribution in [2.75, 3.05) is 20.8 Å². The number of aliphatic hydroxyl groups excluding tert-OH is 1. The fraction of sp³-hybridized carbons (Fsp3) is 0.400. The Hall–Kier alpha value is -1.46. The van der Waals surface area contributed by atoms with Gasteiger partial charge >= 0.3 is 0 Å². The lowest BCUT2D eigenvalue weighted by Crippen LogP contribution is -2.34. The van der Waals surface area contributed by atoms with Crippen molar-refractivity contribution < 1.29 is 14.6 Å². The molecule has 26 heavy (non-hydrogen) atoms. The van der Waals surface area contributed by atoms with Crippen molar-refractivity contribution in [1.82, 2.24) is 5.32 Å². The van der Waals surface area contributed by atoms with Gasteiger partial charge in [-0.3, -0.25) is 0 Å². The zero-order valence-corrected chi connectivity index (χ0v) is 16.8. The van der Waals surface area contributed by atoms with E-state index in [4.69, 9.17) is 32.7 Å². The smallest absolute Gasteiger partial charge is 0.160 e. The molecule has 0 spiro atoms. The van der Waals surface area contributed by atoms with Crippen LogP contribution in [0.3, 0.4) is 0 Å². The normalized spacial score (nSPS) is 13.3. The first-order valence-electron chi connectivity index (χ1n) is 8.55. The fourth-order valence-electron chi connectivity index (χ4n) is 2.77. The highest BCUT2D eigenvalue weighted by atomic mass is 35.5. The topological polar surface area (TPSA) is 50.7 Å². The molecule has 0 aliphatic heterocycles. The molecule has 0 radical (unpaired) electrons. The van der Waals surface area contributed by atoms with Gasteiger partial charge in [0.25, 0.3) is 0 Å². The minimum atomic E-state index is -0.649. The van der Waals surface area contributed by atoms with E-state index in [9.17, 15) is 5.11 Å². The molecule has 0 aliphatic carbocycles. The summed E-state index contributed by atoms with van der Waals surface area (Å²) in [7, 11) is 3.25. The van der Waals surface area contributed by atoms with Crippen LogP contribution in [0.25, 0.3) is 0 Å². The van der Waals surface area contributed by atoms with Crippen LogP contribution in [0.5, 0.6) is 11.5 Å². The lowest BCUT2D eigenvalue weighted by atomic mass is 10.0. The highest BCUT2D eigenvalue weighted by Crippen LogP contribution is 2.28. The molecule has 0 aromatic heterocycles. The lowest BCUT2D eigenvalue weighted by Gasteiger charge is -2.20. The van der Waals surface area contributed by atoms with Crippen LogP contribution >= 0.6 is 23.2 Å². The molecule has 142 valence electrons. The number of rotatable bonds is 9. The second-order valence-electron chi connectivity index (χ2n) is 6.10. The summed E-state index contributed by atoms with van der Waals surface area (Å²) in [5, 5.41) is 14.7. The van der Waals surface area contributed by atoms with Crippen molar-refractivity contribution in [3.8, 4) is 11.5 Å². The molecule has 2 aromatic carbocycles. The molecule has 0 aliphatic rings. The van der Waals surface area contributed by atoms with Gasteiger partial charge in [0.15, 0.2) is 11.5 Å². The Morgan fingerprint density at radius 1 is 1.00 bits per heavy atom. The first kappa shape index (κ1) is 20.8. The van der Waals surface area contributed by atoms with Crippen molar-refractivity contribution in [3.05, 3.63) is 57.6 Å². The number of benzene rings is 2.